The van der Waals surface area contributed by atoms with Crippen LogP contribution in [-0.2, 0) is 11.2 Å². The smallest absolute Gasteiger partial charge is 0.115 e. The number of benzene rings is 1. The third-order valence-corrected chi connectivity index (χ3v) is 2.89. The maximum Gasteiger partial charge on any atom is 0.115 e. The summed E-state index contributed by atoms with van der Waals surface area (Å²) in [6, 6.07) is 6.98. The monoisotopic (exact) mass is 208 g/mol. The van der Waals surface area contributed by atoms with Crippen LogP contribution in [0.5, 0.6) is 5.75 Å². The third kappa shape index (κ3) is 2.70. The van der Waals surface area contributed by atoms with Gasteiger partial charge in [-0.3, -0.25) is 0 Å². The predicted octanol–water partition coefficient (Wildman–Crippen LogP) is 1.33. The minimum Gasteiger partial charge on any atom is -0.508 e. The third-order valence-electron chi connectivity index (χ3n) is 2.89. The molecule has 3 nitrogen and oxygen atoms in total. The molecule has 2 rings (SSSR count). The molecule has 0 aromatic heterocycles. The lowest BCUT2D eigenvalue weighted by Crippen LogP contribution is -2.22. The van der Waals surface area contributed by atoms with E-state index >= 15 is 0 Å². The van der Waals surface area contributed by atoms with Crippen LogP contribution in [-0.4, -0.2) is 29.5 Å². The number of phenols is 1. The van der Waals surface area contributed by atoms with Gasteiger partial charge in [0.05, 0.1) is 12.7 Å². The Morgan fingerprint density at radius 3 is 2.67 bits per heavy atom. The van der Waals surface area contributed by atoms with Crippen molar-refractivity contribution in [3.63, 3.8) is 0 Å². The van der Waals surface area contributed by atoms with Crippen LogP contribution in [0.4, 0.5) is 0 Å². The second-order valence-corrected chi connectivity index (χ2v) is 4.06. The van der Waals surface area contributed by atoms with Gasteiger partial charge < -0.3 is 14.9 Å². The number of rotatable bonds is 3. The summed E-state index contributed by atoms with van der Waals surface area (Å²) in [5, 5.41) is 19.0. The first-order valence-corrected chi connectivity index (χ1v) is 5.29. The van der Waals surface area contributed by atoms with Gasteiger partial charge in [-0.1, -0.05) is 12.1 Å². The molecule has 0 saturated carbocycles. The molecule has 0 spiro atoms. The summed E-state index contributed by atoms with van der Waals surface area (Å²) >= 11 is 0. The Hall–Kier alpha value is -1.06. The Morgan fingerprint density at radius 1 is 1.33 bits per heavy atom. The molecule has 2 atom stereocenters. The van der Waals surface area contributed by atoms with Crippen molar-refractivity contribution in [2.45, 2.75) is 18.9 Å². The van der Waals surface area contributed by atoms with Gasteiger partial charge in [-0.05, 0) is 30.5 Å². The highest BCUT2D eigenvalue weighted by Gasteiger charge is 2.23. The quantitative estimate of drug-likeness (QED) is 0.788. The summed E-state index contributed by atoms with van der Waals surface area (Å²) in [6.45, 7) is 1.43. The van der Waals surface area contributed by atoms with Crippen LogP contribution in [0.15, 0.2) is 24.3 Å². The average Bonchev–Trinajstić information content (AvgIpc) is 2.74. The fourth-order valence-corrected chi connectivity index (χ4v) is 1.90. The SMILES string of the molecule is Oc1ccc(CC(O)C2CCOC2)cc1. The molecule has 1 fully saturated rings. The maximum atomic E-state index is 9.93. The van der Waals surface area contributed by atoms with Gasteiger partial charge in [0, 0.05) is 12.5 Å². The van der Waals surface area contributed by atoms with Crippen LogP contribution in [0.25, 0.3) is 0 Å². The van der Waals surface area contributed by atoms with Crippen molar-refractivity contribution in [3.8, 4) is 5.75 Å². The second kappa shape index (κ2) is 4.64. The van der Waals surface area contributed by atoms with Crippen LogP contribution < -0.4 is 0 Å². The number of hydrogen-bond acceptors (Lipinski definition) is 3. The standard InChI is InChI=1S/C12H16O3/c13-11-3-1-9(2-4-11)7-12(14)10-5-6-15-8-10/h1-4,10,12-14H,5-8H2. The highest BCUT2D eigenvalue weighted by Crippen LogP contribution is 2.20. The molecule has 0 bridgehead atoms. The number of aliphatic hydroxyl groups is 1. The Kier molecular flexibility index (Phi) is 3.23. The van der Waals surface area contributed by atoms with Crippen LogP contribution in [0, 0.1) is 5.92 Å². The van der Waals surface area contributed by atoms with E-state index in [0.29, 0.717) is 13.0 Å². The van der Waals surface area contributed by atoms with E-state index in [1.807, 2.05) is 12.1 Å². The molecule has 1 aliphatic heterocycles. The molecular weight excluding hydrogens is 192 g/mol. The number of phenolic OH excluding ortho intramolecular Hbond substituents is 1. The fraction of sp³-hybridized carbons (Fsp3) is 0.500. The molecule has 1 aromatic rings. The van der Waals surface area contributed by atoms with Crippen molar-refractivity contribution in [1.29, 1.82) is 0 Å². The average molecular weight is 208 g/mol. The van der Waals surface area contributed by atoms with Gasteiger partial charge in [0.1, 0.15) is 5.75 Å². The van der Waals surface area contributed by atoms with Gasteiger partial charge in [0.2, 0.25) is 0 Å². The highest BCUT2D eigenvalue weighted by molar-refractivity contribution is 5.26. The van der Waals surface area contributed by atoms with Crippen LogP contribution >= 0.6 is 0 Å². The lowest BCUT2D eigenvalue weighted by Gasteiger charge is -2.16. The molecule has 1 aromatic carbocycles. The van der Waals surface area contributed by atoms with Crippen molar-refractivity contribution in [2.24, 2.45) is 5.92 Å². The lowest BCUT2D eigenvalue weighted by molar-refractivity contribution is 0.0918. The lowest BCUT2D eigenvalue weighted by atomic mass is 9.95. The summed E-state index contributed by atoms with van der Waals surface area (Å²) in [5.41, 5.74) is 1.05. The van der Waals surface area contributed by atoms with Gasteiger partial charge in [-0.15, -0.1) is 0 Å². The van der Waals surface area contributed by atoms with Gasteiger partial charge in [-0.25, -0.2) is 0 Å². The van der Waals surface area contributed by atoms with Crippen molar-refractivity contribution in [2.75, 3.05) is 13.2 Å². The first kappa shape index (κ1) is 10.5. The summed E-state index contributed by atoms with van der Waals surface area (Å²) in [4.78, 5) is 0. The van der Waals surface area contributed by atoms with Crippen LogP contribution in [0.1, 0.15) is 12.0 Å². The summed E-state index contributed by atoms with van der Waals surface area (Å²) in [6.07, 6.45) is 1.24. The molecule has 1 aliphatic rings. The largest absolute Gasteiger partial charge is 0.508 e. The number of aromatic hydroxyl groups is 1. The Morgan fingerprint density at radius 2 is 2.07 bits per heavy atom. The van der Waals surface area contributed by atoms with E-state index in [1.54, 1.807) is 12.1 Å². The molecule has 2 N–H and O–H groups in total. The zero-order chi connectivity index (χ0) is 10.7. The Labute approximate surface area is 89.3 Å². The van der Waals surface area contributed by atoms with Gasteiger partial charge in [-0.2, -0.15) is 0 Å². The number of aliphatic hydroxyl groups excluding tert-OH is 1. The van der Waals surface area contributed by atoms with Crippen molar-refractivity contribution < 1.29 is 14.9 Å². The second-order valence-electron chi connectivity index (χ2n) is 4.06. The van der Waals surface area contributed by atoms with Crippen molar-refractivity contribution in [3.05, 3.63) is 29.8 Å². The zero-order valence-corrected chi connectivity index (χ0v) is 8.60. The Bertz CT molecular complexity index is 301. The predicted molar refractivity (Wildman–Crippen MR) is 56.7 cm³/mol. The molecule has 0 aliphatic carbocycles. The topological polar surface area (TPSA) is 49.7 Å². The molecule has 2 unspecified atom stereocenters. The minimum atomic E-state index is -0.336. The highest BCUT2D eigenvalue weighted by atomic mass is 16.5. The van der Waals surface area contributed by atoms with Crippen LogP contribution in [0.3, 0.4) is 0 Å². The molecule has 82 valence electrons. The molecule has 1 saturated heterocycles. The number of ether oxygens (including phenoxy) is 1. The first-order chi connectivity index (χ1) is 7.25. The van der Waals surface area contributed by atoms with E-state index in [2.05, 4.69) is 0 Å². The van der Waals surface area contributed by atoms with Gasteiger partial charge in [0.15, 0.2) is 0 Å². The molecule has 15 heavy (non-hydrogen) atoms. The van der Waals surface area contributed by atoms with E-state index in [9.17, 15) is 5.11 Å². The van der Waals surface area contributed by atoms with E-state index in [0.717, 1.165) is 18.6 Å². The van der Waals surface area contributed by atoms with Gasteiger partial charge >= 0.3 is 0 Å². The molecule has 0 amide bonds. The first-order valence-electron chi connectivity index (χ1n) is 5.29. The zero-order valence-electron chi connectivity index (χ0n) is 8.60. The van der Waals surface area contributed by atoms with Crippen molar-refractivity contribution in [1.82, 2.24) is 0 Å². The van der Waals surface area contributed by atoms with Crippen molar-refractivity contribution >= 4 is 0 Å². The van der Waals surface area contributed by atoms with E-state index in [1.165, 1.54) is 0 Å². The van der Waals surface area contributed by atoms with E-state index in [-0.39, 0.29) is 17.8 Å². The molecule has 0 radical (unpaired) electrons. The normalized spacial score (nSPS) is 22.9. The van der Waals surface area contributed by atoms with E-state index < -0.39 is 0 Å². The molecule has 1 heterocycles. The maximum absolute atomic E-state index is 9.93. The summed E-state index contributed by atoms with van der Waals surface area (Å²) in [7, 11) is 0. The summed E-state index contributed by atoms with van der Waals surface area (Å²) in [5.74, 6) is 0.524. The Balaban J connectivity index is 1.92. The van der Waals surface area contributed by atoms with Gasteiger partial charge in [0.25, 0.3) is 0 Å². The number of hydrogen-bond donors (Lipinski definition) is 2. The van der Waals surface area contributed by atoms with Crippen LogP contribution in [0.2, 0.25) is 0 Å². The van der Waals surface area contributed by atoms with E-state index in [4.69, 9.17) is 9.84 Å². The summed E-state index contributed by atoms with van der Waals surface area (Å²) < 4.78 is 5.24. The molecular formula is C12H16O3. The minimum absolute atomic E-state index is 0.262. The fourth-order valence-electron chi connectivity index (χ4n) is 1.90. The molecule has 3 heteroatoms.